The smallest absolute Gasteiger partial charge is 0.475 e. The number of carbonyl (C=O) groups is 3. The van der Waals surface area contributed by atoms with Gasteiger partial charge in [-0.05, 0) is 43.5 Å². The summed E-state index contributed by atoms with van der Waals surface area (Å²) in [7, 11) is 0. The van der Waals surface area contributed by atoms with E-state index in [1.54, 1.807) is 6.07 Å². The standard InChI is InChI=1S/C24H28ClN7O.2C2HF3O2/c1-14-10-11-18-16(12-14)21(30-19-8-4-5-9-20(19)31-24(26)27)32-22(29-18)23(33)28-13-15-6-2-3-7-17(15)25;2*3-2(4,5)1(6)7/h2-3,6-7,10-12,19-20H,4-5,8-9,13H2,1H3,(H,28,33)(H4,26,27,31)(H,29,30,32);2*(H,6,7). The molecule has 4 rings (SSSR count). The number of halogens is 7. The van der Waals surface area contributed by atoms with Gasteiger partial charge >= 0.3 is 24.3 Å². The Morgan fingerprint density at radius 1 is 0.957 bits per heavy atom. The Labute approximate surface area is 268 Å². The van der Waals surface area contributed by atoms with Crippen LogP contribution < -0.4 is 22.1 Å². The van der Waals surface area contributed by atoms with E-state index < -0.39 is 24.3 Å². The molecule has 2 aromatic carbocycles. The summed E-state index contributed by atoms with van der Waals surface area (Å²) in [5, 5.41) is 22.1. The van der Waals surface area contributed by atoms with E-state index in [0.717, 1.165) is 42.2 Å². The number of nitrogens with two attached hydrogens (primary N) is 2. The number of nitrogens with one attached hydrogen (secondary N) is 2. The molecule has 0 radical (unpaired) electrons. The highest BCUT2D eigenvalue weighted by atomic mass is 35.5. The number of aryl methyl sites for hydroxylation is 1. The van der Waals surface area contributed by atoms with Crippen LogP contribution in [0.1, 0.15) is 47.4 Å². The second kappa shape index (κ2) is 16.6. The summed E-state index contributed by atoms with van der Waals surface area (Å²) in [5.41, 5.74) is 13.9. The quantitative estimate of drug-likeness (QED) is 0.118. The minimum atomic E-state index is -5.08. The van der Waals surface area contributed by atoms with Gasteiger partial charge in [0.25, 0.3) is 5.91 Å². The fourth-order valence-corrected chi connectivity index (χ4v) is 4.35. The summed E-state index contributed by atoms with van der Waals surface area (Å²) in [6, 6.07) is 13.2. The molecule has 8 N–H and O–H groups in total. The van der Waals surface area contributed by atoms with E-state index >= 15 is 0 Å². The van der Waals surface area contributed by atoms with Crippen molar-refractivity contribution in [1.82, 2.24) is 15.3 Å². The molecule has 1 amide bonds. The monoisotopic (exact) mass is 693 g/mol. The van der Waals surface area contributed by atoms with Crippen LogP contribution in [0.2, 0.25) is 5.02 Å². The molecule has 2 atom stereocenters. The van der Waals surface area contributed by atoms with E-state index in [4.69, 9.17) is 42.9 Å². The van der Waals surface area contributed by atoms with E-state index in [9.17, 15) is 31.1 Å². The molecule has 1 aliphatic carbocycles. The lowest BCUT2D eigenvalue weighted by Gasteiger charge is -2.30. The number of aromatic nitrogens is 2. The lowest BCUT2D eigenvalue weighted by atomic mass is 9.90. The summed E-state index contributed by atoms with van der Waals surface area (Å²) in [4.78, 5) is 44.3. The number of guanidine groups is 1. The zero-order valence-electron chi connectivity index (χ0n) is 24.5. The molecule has 3 aromatic rings. The average Bonchev–Trinajstić information content (AvgIpc) is 2.97. The number of anilines is 1. The number of hydrogen-bond acceptors (Lipinski definition) is 7. The Morgan fingerprint density at radius 3 is 2.09 bits per heavy atom. The minimum absolute atomic E-state index is 0.0125. The predicted octanol–water partition coefficient (Wildman–Crippen LogP) is 4.78. The number of aliphatic carboxylic acids is 2. The molecule has 12 nitrogen and oxygen atoms in total. The minimum Gasteiger partial charge on any atom is -0.475 e. The maximum atomic E-state index is 12.9. The molecule has 47 heavy (non-hydrogen) atoms. The van der Waals surface area contributed by atoms with Crippen LogP contribution in [0.25, 0.3) is 10.9 Å². The lowest BCUT2D eigenvalue weighted by Crippen LogP contribution is -2.38. The highest BCUT2D eigenvalue weighted by Crippen LogP contribution is 2.28. The normalized spacial score (nSPS) is 16.0. The van der Waals surface area contributed by atoms with Gasteiger partial charge in [0, 0.05) is 17.0 Å². The van der Waals surface area contributed by atoms with Crippen molar-refractivity contribution in [3.63, 3.8) is 0 Å². The SMILES string of the molecule is Cc1ccc2nc(C(=O)NCc3ccccc3Cl)nc(NC3CCCCC3N=C(N)N)c2c1.O=C(O)C(F)(F)F.O=C(O)C(F)(F)F. The van der Waals surface area contributed by atoms with Crippen molar-refractivity contribution in [3.8, 4) is 0 Å². The summed E-state index contributed by atoms with van der Waals surface area (Å²) < 4.78 is 63.5. The maximum Gasteiger partial charge on any atom is 0.490 e. The van der Waals surface area contributed by atoms with Gasteiger partial charge in [-0.2, -0.15) is 26.3 Å². The van der Waals surface area contributed by atoms with Gasteiger partial charge in [0.15, 0.2) is 5.96 Å². The fourth-order valence-electron chi connectivity index (χ4n) is 4.15. The molecule has 19 heteroatoms. The molecule has 1 aromatic heterocycles. The Morgan fingerprint density at radius 2 is 1.53 bits per heavy atom. The first kappa shape index (κ1) is 38.3. The Kier molecular flexibility index (Phi) is 13.5. The topological polar surface area (TPSA) is 206 Å². The molecule has 0 spiro atoms. The summed E-state index contributed by atoms with van der Waals surface area (Å²) in [6.45, 7) is 2.29. The summed E-state index contributed by atoms with van der Waals surface area (Å²) in [6.07, 6.45) is -6.23. The van der Waals surface area contributed by atoms with Crippen molar-refractivity contribution < 1.29 is 50.9 Å². The third kappa shape index (κ3) is 12.4. The number of amides is 1. The number of benzene rings is 2. The molecular formula is C28H30ClF6N7O5. The molecule has 1 saturated carbocycles. The molecule has 0 bridgehead atoms. The Hall–Kier alpha value is -4.87. The molecule has 1 heterocycles. The zero-order chi connectivity index (χ0) is 35.5. The number of fused-ring (bicyclic) bond motifs is 1. The van der Waals surface area contributed by atoms with Crippen molar-refractivity contribution in [2.45, 2.75) is 63.6 Å². The lowest BCUT2D eigenvalue weighted by molar-refractivity contribution is -0.193. The number of aliphatic imine (C=N–C) groups is 1. The van der Waals surface area contributed by atoms with Gasteiger partial charge in [-0.25, -0.2) is 24.5 Å². The van der Waals surface area contributed by atoms with E-state index in [1.165, 1.54) is 0 Å². The fraction of sp³-hybridized carbons (Fsp3) is 0.357. The van der Waals surface area contributed by atoms with E-state index in [2.05, 4.69) is 25.6 Å². The number of carboxylic acid groups (broad SMARTS) is 2. The summed E-state index contributed by atoms with van der Waals surface area (Å²) in [5.74, 6) is -5.11. The molecular weight excluding hydrogens is 664 g/mol. The Balaban J connectivity index is 0.000000459. The molecule has 2 unspecified atom stereocenters. The van der Waals surface area contributed by atoms with Gasteiger partial charge in [-0.15, -0.1) is 0 Å². The first-order chi connectivity index (χ1) is 21.8. The van der Waals surface area contributed by atoms with Gasteiger partial charge in [0.1, 0.15) is 5.82 Å². The van der Waals surface area contributed by atoms with Crippen LogP contribution in [0.15, 0.2) is 47.5 Å². The van der Waals surface area contributed by atoms with Crippen LogP contribution in [-0.2, 0) is 16.1 Å². The van der Waals surface area contributed by atoms with Crippen LogP contribution in [0.5, 0.6) is 0 Å². The largest absolute Gasteiger partial charge is 0.490 e. The van der Waals surface area contributed by atoms with E-state index in [0.29, 0.717) is 16.4 Å². The van der Waals surface area contributed by atoms with E-state index in [-0.39, 0.29) is 36.3 Å². The third-order valence-corrected chi connectivity index (χ3v) is 6.67. The zero-order valence-corrected chi connectivity index (χ0v) is 25.2. The van der Waals surface area contributed by atoms with Crippen molar-refractivity contribution in [3.05, 3.63) is 64.4 Å². The van der Waals surface area contributed by atoms with Crippen LogP contribution >= 0.6 is 11.6 Å². The molecule has 1 fully saturated rings. The number of nitrogens with zero attached hydrogens (tertiary/aromatic N) is 3. The highest BCUT2D eigenvalue weighted by Gasteiger charge is 2.39. The average molecular weight is 694 g/mol. The van der Waals surface area contributed by atoms with Crippen LogP contribution in [0.4, 0.5) is 32.2 Å². The first-order valence-electron chi connectivity index (χ1n) is 13.5. The highest BCUT2D eigenvalue weighted by molar-refractivity contribution is 6.31. The number of carbonyl (C=O) groups excluding carboxylic acids is 1. The van der Waals surface area contributed by atoms with Gasteiger partial charge in [-0.3, -0.25) is 4.79 Å². The van der Waals surface area contributed by atoms with Crippen molar-refractivity contribution >= 4 is 52.1 Å². The Bertz CT molecular complexity index is 1580. The number of rotatable bonds is 6. The van der Waals surface area contributed by atoms with Gasteiger partial charge in [0.2, 0.25) is 5.82 Å². The van der Waals surface area contributed by atoms with E-state index in [1.807, 2.05) is 43.3 Å². The number of alkyl halides is 6. The van der Waals surface area contributed by atoms with Crippen LogP contribution in [-0.4, -0.2) is 68.4 Å². The first-order valence-corrected chi connectivity index (χ1v) is 13.9. The van der Waals surface area contributed by atoms with Gasteiger partial charge in [0.05, 0.1) is 17.6 Å². The second-order valence-electron chi connectivity index (χ2n) is 9.95. The van der Waals surface area contributed by atoms with Crippen molar-refractivity contribution in [1.29, 1.82) is 0 Å². The van der Waals surface area contributed by atoms with Crippen molar-refractivity contribution in [2.75, 3.05) is 5.32 Å². The molecule has 0 saturated heterocycles. The van der Waals surface area contributed by atoms with Crippen molar-refractivity contribution in [2.24, 2.45) is 16.5 Å². The molecule has 256 valence electrons. The summed E-state index contributed by atoms with van der Waals surface area (Å²) >= 11 is 6.21. The number of carboxylic acids is 2. The number of hydrogen-bond donors (Lipinski definition) is 6. The van der Waals surface area contributed by atoms with Crippen LogP contribution in [0, 0.1) is 6.92 Å². The second-order valence-corrected chi connectivity index (χ2v) is 10.4. The molecule has 1 aliphatic rings. The predicted molar refractivity (Wildman–Crippen MR) is 160 cm³/mol. The van der Waals surface area contributed by atoms with Gasteiger partial charge in [-0.1, -0.05) is 54.3 Å². The van der Waals surface area contributed by atoms with Crippen LogP contribution in [0.3, 0.4) is 0 Å². The maximum absolute atomic E-state index is 12.9. The van der Waals surface area contributed by atoms with Gasteiger partial charge < -0.3 is 32.3 Å². The molecule has 0 aliphatic heterocycles. The third-order valence-electron chi connectivity index (χ3n) is 6.30.